The number of urea groups is 2. The molecule has 0 aromatic heterocycles. The van der Waals surface area contributed by atoms with E-state index in [4.69, 9.17) is 9.47 Å². The molecule has 0 aliphatic heterocycles. The number of ether oxygens (including phenoxy) is 2. The number of benzene rings is 2. The summed E-state index contributed by atoms with van der Waals surface area (Å²) in [5, 5.41) is 10.4. The fraction of sp³-hybridized carbons (Fsp3) is 0.429. The number of rotatable bonds is 8. The molecule has 0 saturated heterocycles. The second kappa shape index (κ2) is 14.6. The minimum absolute atomic E-state index is 0.263. The lowest BCUT2D eigenvalue weighted by Crippen LogP contribution is -2.59. The van der Waals surface area contributed by atoms with E-state index in [1.165, 1.54) is 0 Å². The molecule has 2 atom stereocenters. The fourth-order valence-corrected chi connectivity index (χ4v) is 3.38. The molecule has 40 heavy (non-hydrogen) atoms. The van der Waals surface area contributed by atoms with E-state index in [9.17, 15) is 19.2 Å². The Hall–Kier alpha value is -4.48. The molecule has 6 amide bonds. The van der Waals surface area contributed by atoms with Crippen molar-refractivity contribution in [2.45, 2.75) is 77.9 Å². The van der Waals surface area contributed by atoms with Crippen molar-refractivity contribution in [3.63, 3.8) is 0 Å². The second-order valence-corrected chi connectivity index (χ2v) is 11.0. The number of hydrogen-bond donors (Lipinski definition) is 6. The normalized spacial score (nSPS) is 12.7. The Labute approximate surface area is 234 Å². The summed E-state index contributed by atoms with van der Waals surface area (Å²) < 4.78 is 10.6. The Kier molecular flexibility index (Phi) is 11.6. The van der Waals surface area contributed by atoms with E-state index >= 15 is 0 Å². The van der Waals surface area contributed by atoms with Gasteiger partial charge in [0.1, 0.15) is 23.5 Å². The maximum Gasteiger partial charge on any atom is 0.409 e. The lowest BCUT2D eigenvalue weighted by molar-refractivity contribution is 0.0484. The minimum Gasteiger partial charge on any atom is -0.444 e. The van der Waals surface area contributed by atoms with Gasteiger partial charge >= 0.3 is 24.2 Å². The Morgan fingerprint density at radius 3 is 1.20 bits per heavy atom. The molecule has 0 saturated carbocycles. The summed E-state index contributed by atoms with van der Waals surface area (Å²) in [5.41, 5.74) is 4.71. The van der Waals surface area contributed by atoms with Crippen molar-refractivity contribution in [2.75, 3.05) is 0 Å². The number of hydrogen-bond acceptors (Lipinski definition) is 6. The van der Waals surface area contributed by atoms with Crippen molar-refractivity contribution < 1.29 is 28.7 Å². The first-order valence-electron chi connectivity index (χ1n) is 12.9. The van der Waals surface area contributed by atoms with Crippen molar-refractivity contribution >= 4 is 24.2 Å². The SMILES string of the molecule is CC(C)(C)OC(=O)N[C@@H](Cc1ccccc1)NC(=O)NNC(=O)N[C@H](Cc1ccccc1)NC(=O)OC(C)(C)C. The molecule has 0 fully saturated rings. The van der Waals surface area contributed by atoms with Gasteiger partial charge in [-0.2, -0.15) is 0 Å². The smallest absolute Gasteiger partial charge is 0.409 e. The topological polar surface area (TPSA) is 159 Å². The molecule has 0 aliphatic carbocycles. The fourth-order valence-electron chi connectivity index (χ4n) is 3.38. The van der Waals surface area contributed by atoms with Crippen LogP contribution in [0.15, 0.2) is 60.7 Å². The molecule has 218 valence electrons. The van der Waals surface area contributed by atoms with E-state index in [0.29, 0.717) is 0 Å². The third-order valence-corrected chi connectivity index (χ3v) is 4.85. The molecule has 12 nitrogen and oxygen atoms in total. The lowest BCUT2D eigenvalue weighted by atomic mass is 10.1. The summed E-state index contributed by atoms with van der Waals surface area (Å²) in [6.07, 6.45) is -2.59. The van der Waals surface area contributed by atoms with Crippen LogP contribution in [0.5, 0.6) is 0 Å². The van der Waals surface area contributed by atoms with Gasteiger partial charge in [0.05, 0.1) is 0 Å². The molecule has 0 spiro atoms. The van der Waals surface area contributed by atoms with E-state index in [0.717, 1.165) is 11.1 Å². The third-order valence-electron chi connectivity index (χ3n) is 4.85. The van der Waals surface area contributed by atoms with Gasteiger partial charge < -0.3 is 30.7 Å². The van der Waals surface area contributed by atoms with Crippen molar-refractivity contribution in [2.24, 2.45) is 0 Å². The standard InChI is InChI=1S/C28H40N6O6/c1-27(2,3)39-25(37)31-21(17-19-13-9-7-10-14-19)29-23(35)33-34-24(36)30-22(18-20-15-11-8-12-16-20)32-26(38)40-28(4,5)6/h7-16,21-22H,17-18H2,1-6H3,(H,31,37)(H,32,38)(H2,29,33,35)(H2,30,34,36)/t21-,22-/m0/s1. The van der Waals surface area contributed by atoms with Crippen LogP contribution in [0.2, 0.25) is 0 Å². The molecule has 0 radical (unpaired) electrons. The van der Waals surface area contributed by atoms with Crippen molar-refractivity contribution in [1.82, 2.24) is 32.1 Å². The van der Waals surface area contributed by atoms with Crippen LogP contribution >= 0.6 is 0 Å². The highest BCUT2D eigenvalue weighted by Gasteiger charge is 2.23. The van der Waals surface area contributed by atoms with E-state index in [-0.39, 0.29) is 12.8 Å². The summed E-state index contributed by atoms with van der Waals surface area (Å²) in [5.74, 6) is 0. The van der Waals surface area contributed by atoms with E-state index < -0.39 is 47.8 Å². The number of amides is 6. The quantitative estimate of drug-likeness (QED) is 0.215. The van der Waals surface area contributed by atoms with Crippen LogP contribution in [-0.4, -0.2) is 47.8 Å². The van der Waals surface area contributed by atoms with Gasteiger partial charge in [0.2, 0.25) is 0 Å². The number of carbonyl (C=O) groups excluding carboxylic acids is 4. The molecule has 0 heterocycles. The van der Waals surface area contributed by atoms with E-state index in [2.05, 4.69) is 32.1 Å². The average Bonchev–Trinajstić information content (AvgIpc) is 2.81. The molecular weight excluding hydrogens is 516 g/mol. The number of nitrogens with one attached hydrogen (secondary N) is 6. The van der Waals surface area contributed by atoms with Gasteiger partial charge in [0.25, 0.3) is 0 Å². The van der Waals surface area contributed by atoms with E-state index in [1.54, 1.807) is 41.5 Å². The van der Waals surface area contributed by atoms with Gasteiger partial charge in [-0.3, -0.25) is 0 Å². The third kappa shape index (κ3) is 13.9. The summed E-state index contributed by atoms with van der Waals surface area (Å²) >= 11 is 0. The predicted molar refractivity (Wildman–Crippen MR) is 150 cm³/mol. The predicted octanol–water partition coefficient (Wildman–Crippen LogP) is 3.69. The second-order valence-electron chi connectivity index (χ2n) is 11.0. The average molecular weight is 557 g/mol. The Bertz CT molecular complexity index is 1030. The highest BCUT2D eigenvalue weighted by Crippen LogP contribution is 2.09. The van der Waals surface area contributed by atoms with Gasteiger partial charge in [-0.15, -0.1) is 0 Å². The highest BCUT2D eigenvalue weighted by atomic mass is 16.6. The van der Waals surface area contributed by atoms with Crippen LogP contribution in [0.1, 0.15) is 52.7 Å². The van der Waals surface area contributed by atoms with Crippen LogP contribution < -0.4 is 32.1 Å². The van der Waals surface area contributed by atoms with Crippen LogP contribution in [0.4, 0.5) is 19.2 Å². The Morgan fingerprint density at radius 1 is 0.575 bits per heavy atom. The number of hydrazine groups is 1. The number of alkyl carbamates (subject to hydrolysis) is 2. The molecule has 2 aromatic carbocycles. The lowest BCUT2D eigenvalue weighted by Gasteiger charge is -2.25. The van der Waals surface area contributed by atoms with Gasteiger partial charge in [-0.05, 0) is 52.7 Å². The molecule has 0 aliphatic rings. The van der Waals surface area contributed by atoms with E-state index in [1.807, 2.05) is 60.7 Å². The van der Waals surface area contributed by atoms with Gasteiger partial charge in [-0.25, -0.2) is 30.0 Å². The molecule has 12 heteroatoms. The molecule has 0 bridgehead atoms. The largest absolute Gasteiger partial charge is 0.444 e. The first-order chi connectivity index (χ1) is 18.7. The summed E-state index contributed by atoms with van der Waals surface area (Å²) in [6, 6.07) is 16.9. The first kappa shape index (κ1) is 31.7. The summed E-state index contributed by atoms with van der Waals surface area (Å²) in [7, 11) is 0. The van der Waals surface area contributed by atoms with Crippen LogP contribution in [0.25, 0.3) is 0 Å². The van der Waals surface area contributed by atoms with Crippen LogP contribution in [-0.2, 0) is 22.3 Å². The first-order valence-corrected chi connectivity index (χ1v) is 12.9. The Balaban J connectivity index is 1.97. The summed E-state index contributed by atoms with van der Waals surface area (Å²) in [4.78, 5) is 49.8. The zero-order chi connectivity index (χ0) is 29.8. The summed E-state index contributed by atoms with van der Waals surface area (Å²) in [6.45, 7) is 10.4. The maximum atomic E-state index is 12.6. The van der Waals surface area contributed by atoms with Crippen molar-refractivity contribution in [3.8, 4) is 0 Å². The van der Waals surface area contributed by atoms with Crippen LogP contribution in [0.3, 0.4) is 0 Å². The molecule has 2 rings (SSSR count). The zero-order valence-electron chi connectivity index (χ0n) is 23.8. The minimum atomic E-state index is -0.846. The highest BCUT2D eigenvalue weighted by molar-refractivity contribution is 5.81. The van der Waals surface area contributed by atoms with Crippen molar-refractivity contribution in [1.29, 1.82) is 0 Å². The number of carbonyl (C=O) groups is 4. The van der Waals surface area contributed by atoms with Gasteiger partial charge in [0, 0.05) is 12.8 Å². The van der Waals surface area contributed by atoms with Gasteiger partial charge in [0.15, 0.2) is 0 Å². The van der Waals surface area contributed by atoms with Gasteiger partial charge in [-0.1, -0.05) is 60.7 Å². The molecular formula is C28H40N6O6. The van der Waals surface area contributed by atoms with Crippen LogP contribution in [0, 0.1) is 0 Å². The molecule has 6 N–H and O–H groups in total. The Morgan fingerprint density at radius 2 is 0.900 bits per heavy atom. The zero-order valence-corrected chi connectivity index (χ0v) is 23.8. The monoisotopic (exact) mass is 556 g/mol. The van der Waals surface area contributed by atoms with Crippen molar-refractivity contribution in [3.05, 3.63) is 71.8 Å². The maximum absolute atomic E-state index is 12.6. The molecule has 2 aromatic rings. The molecule has 0 unspecified atom stereocenters.